The van der Waals surface area contributed by atoms with Crippen molar-refractivity contribution in [3.63, 3.8) is 0 Å². The third-order valence-electron chi connectivity index (χ3n) is 3.34. The number of hydrogen-bond acceptors (Lipinski definition) is 3. The van der Waals surface area contributed by atoms with Crippen LogP contribution in [0.5, 0.6) is 5.75 Å². The number of hydrogen-bond donors (Lipinski definition) is 2. The second kappa shape index (κ2) is 4.66. The van der Waals surface area contributed by atoms with Crippen molar-refractivity contribution in [2.75, 3.05) is 0 Å². The minimum Gasteiger partial charge on any atom is -0.508 e. The van der Waals surface area contributed by atoms with Gasteiger partial charge in [0.2, 0.25) is 0 Å². The zero-order chi connectivity index (χ0) is 11.5. The van der Waals surface area contributed by atoms with Crippen molar-refractivity contribution < 1.29 is 9.90 Å². The van der Waals surface area contributed by atoms with Crippen molar-refractivity contribution in [2.45, 2.75) is 37.6 Å². The van der Waals surface area contributed by atoms with Gasteiger partial charge in [0.25, 0.3) is 0 Å². The maximum Gasteiger partial charge on any atom is 0.149 e. The maximum absolute atomic E-state index is 11.5. The predicted molar refractivity (Wildman–Crippen MR) is 62.3 cm³/mol. The van der Waals surface area contributed by atoms with E-state index in [-0.39, 0.29) is 17.6 Å². The fraction of sp³-hybridized carbons (Fsp3) is 0.462. The van der Waals surface area contributed by atoms with Gasteiger partial charge in [-0.1, -0.05) is 12.1 Å². The van der Waals surface area contributed by atoms with Crippen molar-refractivity contribution in [3.05, 3.63) is 29.8 Å². The summed E-state index contributed by atoms with van der Waals surface area (Å²) in [5.74, 6) is 0.865. The molecule has 0 saturated heterocycles. The second-order valence-corrected chi connectivity index (χ2v) is 4.48. The highest BCUT2D eigenvalue weighted by atomic mass is 16.3. The molecule has 0 amide bonds. The van der Waals surface area contributed by atoms with E-state index < -0.39 is 0 Å². The van der Waals surface area contributed by atoms with E-state index in [0.29, 0.717) is 12.3 Å². The zero-order valence-electron chi connectivity index (χ0n) is 9.23. The van der Waals surface area contributed by atoms with Crippen LogP contribution in [0.2, 0.25) is 0 Å². The van der Waals surface area contributed by atoms with Crippen LogP contribution in [0.4, 0.5) is 0 Å². The standard InChI is InChI=1S/C13H17NO2/c14-12-7-3-10(4-8-13(12)16)9-1-5-11(15)6-2-9/h1-2,5-6,10,12,15H,3-4,7-8,14H2/t10?,12-/m1/s1. The van der Waals surface area contributed by atoms with Gasteiger partial charge < -0.3 is 10.8 Å². The number of carbonyl (C=O) groups excluding carboxylic acids is 1. The summed E-state index contributed by atoms with van der Waals surface area (Å²) in [5.41, 5.74) is 6.95. The van der Waals surface area contributed by atoms with E-state index in [2.05, 4.69) is 0 Å². The minimum atomic E-state index is -0.276. The van der Waals surface area contributed by atoms with Crippen LogP contribution < -0.4 is 5.73 Å². The second-order valence-electron chi connectivity index (χ2n) is 4.48. The Morgan fingerprint density at radius 3 is 2.50 bits per heavy atom. The number of carbonyl (C=O) groups is 1. The Hall–Kier alpha value is -1.35. The molecule has 0 aromatic heterocycles. The van der Waals surface area contributed by atoms with Crippen LogP contribution >= 0.6 is 0 Å². The predicted octanol–water partition coefficient (Wildman–Crippen LogP) is 1.95. The molecule has 0 spiro atoms. The first-order valence-corrected chi connectivity index (χ1v) is 5.74. The maximum atomic E-state index is 11.5. The van der Waals surface area contributed by atoms with Crippen molar-refractivity contribution in [3.8, 4) is 5.75 Å². The molecule has 3 nitrogen and oxygen atoms in total. The van der Waals surface area contributed by atoms with Gasteiger partial charge in [0.05, 0.1) is 6.04 Å². The molecule has 0 heterocycles. The molecule has 1 aliphatic carbocycles. The molecule has 1 unspecified atom stereocenters. The van der Waals surface area contributed by atoms with Crippen molar-refractivity contribution in [2.24, 2.45) is 5.73 Å². The smallest absolute Gasteiger partial charge is 0.149 e. The van der Waals surface area contributed by atoms with Crippen LogP contribution in [-0.2, 0) is 4.79 Å². The van der Waals surface area contributed by atoms with Crippen LogP contribution in [0.25, 0.3) is 0 Å². The number of Topliss-reactive ketones (excluding diaryl/α,β-unsaturated/α-hetero) is 1. The summed E-state index contributed by atoms with van der Waals surface area (Å²) in [6.07, 6.45) is 3.17. The summed E-state index contributed by atoms with van der Waals surface area (Å²) in [6, 6.07) is 6.98. The van der Waals surface area contributed by atoms with Gasteiger partial charge in [-0.25, -0.2) is 0 Å². The quantitative estimate of drug-likeness (QED) is 0.709. The number of phenols is 1. The van der Waals surface area contributed by atoms with Crippen LogP contribution in [0.1, 0.15) is 37.2 Å². The van der Waals surface area contributed by atoms with E-state index in [1.165, 1.54) is 5.56 Å². The Morgan fingerprint density at radius 2 is 1.81 bits per heavy atom. The van der Waals surface area contributed by atoms with Crippen molar-refractivity contribution in [1.29, 1.82) is 0 Å². The lowest BCUT2D eigenvalue weighted by atomic mass is 9.92. The van der Waals surface area contributed by atoms with E-state index in [9.17, 15) is 9.90 Å². The van der Waals surface area contributed by atoms with Crippen molar-refractivity contribution >= 4 is 5.78 Å². The third-order valence-corrected chi connectivity index (χ3v) is 3.34. The lowest BCUT2D eigenvalue weighted by Gasteiger charge is -2.13. The number of phenolic OH excluding ortho intramolecular Hbond substituents is 1. The first-order valence-electron chi connectivity index (χ1n) is 5.74. The van der Waals surface area contributed by atoms with Gasteiger partial charge in [-0.2, -0.15) is 0 Å². The molecule has 86 valence electrons. The SMILES string of the molecule is N[C@@H]1CCC(c2ccc(O)cc2)CCC1=O. The Kier molecular flexibility index (Phi) is 3.25. The topological polar surface area (TPSA) is 63.3 Å². The summed E-state index contributed by atoms with van der Waals surface area (Å²) in [5, 5.41) is 9.22. The van der Waals surface area contributed by atoms with Gasteiger partial charge in [0.1, 0.15) is 11.5 Å². The van der Waals surface area contributed by atoms with E-state index in [1.54, 1.807) is 12.1 Å². The molecule has 3 heteroatoms. The Morgan fingerprint density at radius 1 is 1.12 bits per heavy atom. The number of ketones is 1. The molecular formula is C13H17NO2. The van der Waals surface area contributed by atoms with E-state index >= 15 is 0 Å². The normalized spacial score (nSPS) is 26.4. The molecule has 16 heavy (non-hydrogen) atoms. The molecule has 0 bridgehead atoms. The van der Waals surface area contributed by atoms with Gasteiger partial charge in [0, 0.05) is 6.42 Å². The Balaban J connectivity index is 2.10. The fourth-order valence-corrected chi connectivity index (χ4v) is 2.27. The molecule has 1 aliphatic rings. The van der Waals surface area contributed by atoms with Gasteiger partial charge in [-0.05, 0) is 42.9 Å². The number of rotatable bonds is 1. The highest BCUT2D eigenvalue weighted by molar-refractivity contribution is 5.84. The number of benzene rings is 1. The lowest BCUT2D eigenvalue weighted by Crippen LogP contribution is -2.28. The molecule has 2 atom stereocenters. The summed E-state index contributed by atoms with van der Waals surface area (Å²) in [4.78, 5) is 11.5. The summed E-state index contributed by atoms with van der Waals surface area (Å²) < 4.78 is 0. The van der Waals surface area contributed by atoms with Crippen LogP contribution in [0, 0.1) is 0 Å². The van der Waals surface area contributed by atoms with E-state index in [0.717, 1.165) is 19.3 Å². The highest BCUT2D eigenvalue weighted by Crippen LogP contribution is 2.30. The van der Waals surface area contributed by atoms with Gasteiger partial charge in [-0.15, -0.1) is 0 Å². The Labute approximate surface area is 95.3 Å². The van der Waals surface area contributed by atoms with Gasteiger partial charge >= 0.3 is 0 Å². The van der Waals surface area contributed by atoms with E-state index in [4.69, 9.17) is 5.73 Å². The average molecular weight is 219 g/mol. The summed E-state index contributed by atoms with van der Waals surface area (Å²) in [7, 11) is 0. The fourth-order valence-electron chi connectivity index (χ4n) is 2.27. The molecular weight excluding hydrogens is 202 g/mol. The third kappa shape index (κ3) is 2.42. The molecule has 2 rings (SSSR count). The first kappa shape index (κ1) is 11.1. The molecule has 1 saturated carbocycles. The molecule has 1 aromatic carbocycles. The molecule has 0 aliphatic heterocycles. The van der Waals surface area contributed by atoms with Crippen LogP contribution in [0.15, 0.2) is 24.3 Å². The molecule has 1 aromatic rings. The average Bonchev–Trinajstić information content (AvgIpc) is 2.44. The zero-order valence-corrected chi connectivity index (χ0v) is 9.23. The highest BCUT2D eigenvalue weighted by Gasteiger charge is 2.23. The van der Waals surface area contributed by atoms with Gasteiger partial charge in [0.15, 0.2) is 0 Å². The molecule has 3 N–H and O–H groups in total. The minimum absolute atomic E-state index is 0.182. The number of nitrogens with two attached hydrogens (primary N) is 1. The first-order chi connectivity index (χ1) is 7.66. The van der Waals surface area contributed by atoms with Gasteiger partial charge in [-0.3, -0.25) is 4.79 Å². The van der Waals surface area contributed by atoms with E-state index in [1.807, 2.05) is 12.1 Å². The molecule has 1 fully saturated rings. The number of aromatic hydroxyl groups is 1. The Bertz CT molecular complexity index is 372. The molecule has 0 radical (unpaired) electrons. The lowest BCUT2D eigenvalue weighted by molar-refractivity contribution is -0.120. The largest absolute Gasteiger partial charge is 0.508 e. The monoisotopic (exact) mass is 219 g/mol. The van der Waals surface area contributed by atoms with Crippen LogP contribution in [-0.4, -0.2) is 16.9 Å². The summed E-state index contributed by atoms with van der Waals surface area (Å²) in [6.45, 7) is 0. The van der Waals surface area contributed by atoms with Crippen molar-refractivity contribution in [1.82, 2.24) is 0 Å². The van der Waals surface area contributed by atoms with Crippen LogP contribution in [0.3, 0.4) is 0 Å². The summed E-state index contributed by atoms with van der Waals surface area (Å²) >= 11 is 0.